The van der Waals surface area contributed by atoms with Crippen molar-refractivity contribution in [1.29, 1.82) is 0 Å². The van der Waals surface area contributed by atoms with Crippen LogP contribution in [0.1, 0.15) is 19.3 Å². The highest BCUT2D eigenvalue weighted by Crippen LogP contribution is 2.23. The van der Waals surface area contributed by atoms with E-state index in [9.17, 15) is 9.59 Å². The maximum absolute atomic E-state index is 12.0. The van der Waals surface area contributed by atoms with E-state index in [0.29, 0.717) is 29.7 Å². The lowest BCUT2D eigenvalue weighted by molar-refractivity contribution is -0.127. The minimum Gasteiger partial charge on any atom is -0.355 e. The minimum atomic E-state index is -0.0520. The first-order chi connectivity index (χ1) is 13.0. The van der Waals surface area contributed by atoms with E-state index in [0.717, 1.165) is 30.8 Å². The standard InChI is InChI=1S/C18H22ClN5O2S/c1-23-17(13-5-7-14(19)8-6-13)21-22-18(23)27-12-15(25)20-9-3-11-24-10-2-4-16(24)26/h5-8H,2-4,9-12H2,1H3,(H,20,25). The zero-order valence-electron chi connectivity index (χ0n) is 15.2. The summed E-state index contributed by atoms with van der Waals surface area (Å²) in [6.45, 7) is 2.11. The Morgan fingerprint density at radius 1 is 1.30 bits per heavy atom. The van der Waals surface area contributed by atoms with Crippen molar-refractivity contribution in [3.05, 3.63) is 29.3 Å². The first kappa shape index (κ1) is 19.7. The molecule has 2 amide bonds. The van der Waals surface area contributed by atoms with Crippen LogP contribution >= 0.6 is 23.4 Å². The van der Waals surface area contributed by atoms with Crippen LogP contribution in [0.2, 0.25) is 5.02 Å². The average molecular weight is 408 g/mol. The number of thioether (sulfide) groups is 1. The van der Waals surface area contributed by atoms with Crippen LogP contribution in [0, 0.1) is 0 Å². The molecule has 0 aliphatic carbocycles. The normalized spacial score (nSPS) is 14.0. The second kappa shape index (κ2) is 9.23. The van der Waals surface area contributed by atoms with Crippen LogP contribution in [0.5, 0.6) is 0 Å². The number of nitrogens with one attached hydrogen (secondary N) is 1. The Morgan fingerprint density at radius 3 is 2.78 bits per heavy atom. The summed E-state index contributed by atoms with van der Waals surface area (Å²) in [6, 6.07) is 7.39. The lowest BCUT2D eigenvalue weighted by Crippen LogP contribution is -2.31. The van der Waals surface area contributed by atoms with Gasteiger partial charge in [0, 0.05) is 43.7 Å². The van der Waals surface area contributed by atoms with Crippen LogP contribution in [0.3, 0.4) is 0 Å². The molecule has 1 aromatic carbocycles. The molecule has 2 aromatic rings. The van der Waals surface area contributed by atoms with Gasteiger partial charge in [-0.1, -0.05) is 23.4 Å². The molecule has 1 saturated heterocycles. The predicted molar refractivity (Wildman–Crippen MR) is 106 cm³/mol. The van der Waals surface area contributed by atoms with Crippen LogP contribution in [-0.2, 0) is 16.6 Å². The number of benzene rings is 1. The van der Waals surface area contributed by atoms with Gasteiger partial charge in [0.05, 0.1) is 5.75 Å². The molecule has 2 heterocycles. The van der Waals surface area contributed by atoms with Crippen LogP contribution in [0.25, 0.3) is 11.4 Å². The van der Waals surface area contributed by atoms with Crippen molar-refractivity contribution < 1.29 is 9.59 Å². The second-order valence-electron chi connectivity index (χ2n) is 6.35. The number of nitrogens with zero attached hydrogens (tertiary/aromatic N) is 4. The van der Waals surface area contributed by atoms with Crippen molar-refractivity contribution in [1.82, 2.24) is 25.0 Å². The molecule has 0 saturated carbocycles. The van der Waals surface area contributed by atoms with E-state index in [1.165, 1.54) is 11.8 Å². The first-order valence-corrected chi connectivity index (χ1v) is 10.2. The molecule has 0 atom stereocenters. The summed E-state index contributed by atoms with van der Waals surface area (Å²) in [4.78, 5) is 25.4. The number of aromatic nitrogens is 3. The number of hydrogen-bond acceptors (Lipinski definition) is 5. The summed E-state index contributed by atoms with van der Waals surface area (Å²) in [5, 5.41) is 12.6. The van der Waals surface area contributed by atoms with Gasteiger partial charge in [0.25, 0.3) is 0 Å². The summed E-state index contributed by atoms with van der Waals surface area (Å²) >= 11 is 7.26. The van der Waals surface area contributed by atoms with Gasteiger partial charge in [-0.25, -0.2) is 0 Å². The molecule has 27 heavy (non-hydrogen) atoms. The molecule has 1 fully saturated rings. The molecule has 1 aliphatic heterocycles. The fraction of sp³-hybridized carbons (Fsp3) is 0.444. The highest BCUT2D eigenvalue weighted by atomic mass is 35.5. The van der Waals surface area contributed by atoms with Crippen molar-refractivity contribution in [2.75, 3.05) is 25.4 Å². The monoisotopic (exact) mass is 407 g/mol. The molecule has 0 unspecified atom stereocenters. The van der Waals surface area contributed by atoms with E-state index < -0.39 is 0 Å². The van der Waals surface area contributed by atoms with Gasteiger partial charge in [-0.3, -0.25) is 9.59 Å². The minimum absolute atomic E-state index is 0.0520. The highest BCUT2D eigenvalue weighted by molar-refractivity contribution is 7.99. The quantitative estimate of drug-likeness (QED) is 0.536. The van der Waals surface area contributed by atoms with Crippen LogP contribution in [-0.4, -0.2) is 56.9 Å². The Bertz CT molecular complexity index is 809. The van der Waals surface area contributed by atoms with Crippen LogP contribution < -0.4 is 5.32 Å². The number of rotatable bonds is 8. The van der Waals surface area contributed by atoms with E-state index in [1.807, 2.05) is 40.8 Å². The molecule has 0 radical (unpaired) electrons. The van der Waals surface area contributed by atoms with Gasteiger partial charge in [0.1, 0.15) is 0 Å². The molecular weight excluding hydrogens is 386 g/mol. The van der Waals surface area contributed by atoms with E-state index in [-0.39, 0.29) is 17.6 Å². The summed E-state index contributed by atoms with van der Waals surface area (Å²) in [6.07, 6.45) is 2.36. The summed E-state index contributed by atoms with van der Waals surface area (Å²) in [5.74, 6) is 1.17. The summed E-state index contributed by atoms with van der Waals surface area (Å²) in [5.41, 5.74) is 0.919. The van der Waals surface area contributed by atoms with Crippen LogP contribution in [0.15, 0.2) is 29.4 Å². The zero-order chi connectivity index (χ0) is 19.2. The molecule has 9 heteroatoms. The lowest BCUT2D eigenvalue weighted by Gasteiger charge is -2.15. The molecule has 7 nitrogen and oxygen atoms in total. The Labute approximate surface area is 167 Å². The molecule has 1 aromatic heterocycles. The SMILES string of the molecule is Cn1c(SCC(=O)NCCCN2CCCC2=O)nnc1-c1ccc(Cl)cc1. The number of likely N-dealkylation sites (tertiary alicyclic amines) is 1. The number of halogens is 1. The topological polar surface area (TPSA) is 80.1 Å². The van der Waals surface area contributed by atoms with Crippen molar-refractivity contribution in [3.63, 3.8) is 0 Å². The van der Waals surface area contributed by atoms with E-state index in [2.05, 4.69) is 15.5 Å². The van der Waals surface area contributed by atoms with E-state index in [4.69, 9.17) is 11.6 Å². The average Bonchev–Trinajstić information content (AvgIpc) is 3.23. The van der Waals surface area contributed by atoms with Crippen molar-refractivity contribution in [2.24, 2.45) is 7.05 Å². The Balaban J connectivity index is 1.42. The first-order valence-electron chi connectivity index (χ1n) is 8.87. The van der Waals surface area contributed by atoms with Gasteiger partial charge >= 0.3 is 0 Å². The van der Waals surface area contributed by atoms with E-state index in [1.54, 1.807) is 0 Å². The maximum Gasteiger partial charge on any atom is 0.230 e. The van der Waals surface area contributed by atoms with Gasteiger partial charge in [-0.05, 0) is 37.1 Å². The molecule has 1 aliphatic rings. The number of hydrogen-bond donors (Lipinski definition) is 1. The molecule has 0 bridgehead atoms. The third-order valence-corrected chi connectivity index (χ3v) is 5.64. The Morgan fingerprint density at radius 2 is 2.07 bits per heavy atom. The van der Waals surface area contributed by atoms with Gasteiger partial charge in [-0.2, -0.15) is 0 Å². The highest BCUT2D eigenvalue weighted by Gasteiger charge is 2.19. The van der Waals surface area contributed by atoms with Gasteiger partial charge in [0.2, 0.25) is 11.8 Å². The van der Waals surface area contributed by atoms with Gasteiger partial charge in [-0.15, -0.1) is 10.2 Å². The zero-order valence-corrected chi connectivity index (χ0v) is 16.7. The molecule has 0 spiro atoms. The maximum atomic E-state index is 12.0. The lowest BCUT2D eigenvalue weighted by atomic mass is 10.2. The van der Waals surface area contributed by atoms with Gasteiger partial charge < -0.3 is 14.8 Å². The molecule has 144 valence electrons. The molecular formula is C18H22ClN5O2S. The van der Waals surface area contributed by atoms with Crippen LogP contribution in [0.4, 0.5) is 0 Å². The molecule has 3 rings (SSSR count). The third-order valence-electron chi connectivity index (χ3n) is 4.37. The fourth-order valence-electron chi connectivity index (χ4n) is 2.91. The third kappa shape index (κ3) is 5.23. The second-order valence-corrected chi connectivity index (χ2v) is 7.73. The van der Waals surface area contributed by atoms with Crippen molar-refractivity contribution >= 4 is 35.2 Å². The largest absolute Gasteiger partial charge is 0.355 e. The smallest absolute Gasteiger partial charge is 0.230 e. The van der Waals surface area contributed by atoms with E-state index >= 15 is 0 Å². The number of amides is 2. The molecule has 1 N–H and O–H groups in total. The number of carbonyl (C=O) groups excluding carboxylic acids is 2. The van der Waals surface area contributed by atoms with Crippen molar-refractivity contribution in [2.45, 2.75) is 24.4 Å². The Hall–Kier alpha value is -2.06. The predicted octanol–water partition coefficient (Wildman–Crippen LogP) is 2.36. The number of carbonyl (C=O) groups is 2. The van der Waals surface area contributed by atoms with Gasteiger partial charge in [0.15, 0.2) is 11.0 Å². The Kier molecular flexibility index (Phi) is 6.73. The fourth-order valence-corrected chi connectivity index (χ4v) is 3.78. The summed E-state index contributed by atoms with van der Waals surface area (Å²) in [7, 11) is 1.87. The summed E-state index contributed by atoms with van der Waals surface area (Å²) < 4.78 is 1.86. The van der Waals surface area contributed by atoms with Crippen molar-refractivity contribution in [3.8, 4) is 11.4 Å².